The number of rotatable bonds is 1. The van der Waals surface area contributed by atoms with Crippen molar-refractivity contribution in [3.63, 3.8) is 0 Å². The molecule has 2 rings (SSSR count). The molecule has 2 atom stereocenters. The molecule has 0 spiro atoms. The third-order valence-corrected chi connectivity index (χ3v) is 2.93. The van der Waals surface area contributed by atoms with E-state index in [4.69, 9.17) is 4.74 Å². The zero-order chi connectivity index (χ0) is 8.39. The smallest absolute Gasteiger partial charge is 0.0855 e. The molecule has 2 aliphatic rings. The van der Waals surface area contributed by atoms with Gasteiger partial charge in [0.25, 0.3) is 0 Å². The molecule has 12 heavy (non-hydrogen) atoms. The molecule has 0 bridgehead atoms. The number of hydrogen-bond acceptors (Lipinski definition) is 3. The molecule has 0 aromatic heterocycles. The normalized spacial score (nSPS) is 37.8. The van der Waals surface area contributed by atoms with Crippen LogP contribution in [0.25, 0.3) is 0 Å². The van der Waals surface area contributed by atoms with Crippen molar-refractivity contribution in [3.8, 4) is 0 Å². The van der Waals surface area contributed by atoms with E-state index in [9.17, 15) is 0 Å². The Morgan fingerprint density at radius 1 is 1.58 bits per heavy atom. The molecular formula is C9H18N2O. The van der Waals surface area contributed by atoms with Crippen LogP contribution < -0.4 is 5.32 Å². The molecule has 0 radical (unpaired) electrons. The number of hydrogen-bond donors (Lipinski definition) is 1. The third-order valence-electron chi connectivity index (χ3n) is 2.93. The average Bonchev–Trinajstić information content (AvgIpc) is 2.17. The summed E-state index contributed by atoms with van der Waals surface area (Å²) in [6.07, 6.45) is 1.70. The van der Waals surface area contributed by atoms with Gasteiger partial charge in [-0.2, -0.15) is 0 Å². The quantitative estimate of drug-likeness (QED) is 0.602. The van der Waals surface area contributed by atoms with Crippen molar-refractivity contribution < 1.29 is 4.74 Å². The van der Waals surface area contributed by atoms with Crippen LogP contribution in [0.15, 0.2) is 0 Å². The van der Waals surface area contributed by atoms with E-state index in [1.165, 1.54) is 13.0 Å². The van der Waals surface area contributed by atoms with E-state index in [1.807, 2.05) is 0 Å². The fourth-order valence-electron chi connectivity index (χ4n) is 2.12. The van der Waals surface area contributed by atoms with Crippen LogP contribution in [-0.2, 0) is 4.74 Å². The highest BCUT2D eigenvalue weighted by molar-refractivity contribution is 4.88. The van der Waals surface area contributed by atoms with Gasteiger partial charge in [0.15, 0.2) is 0 Å². The maximum absolute atomic E-state index is 5.71. The second-order valence-electron chi connectivity index (χ2n) is 3.65. The molecule has 2 unspecified atom stereocenters. The minimum atomic E-state index is 0.451. The zero-order valence-electron chi connectivity index (χ0n) is 7.75. The number of likely N-dealkylation sites (tertiary alicyclic amines) is 1. The van der Waals surface area contributed by atoms with Crippen molar-refractivity contribution in [2.45, 2.75) is 25.5 Å². The Hall–Kier alpha value is -0.120. The van der Waals surface area contributed by atoms with Crippen molar-refractivity contribution in [2.24, 2.45) is 0 Å². The fraction of sp³-hybridized carbons (Fsp3) is 1.00. The molecule has 0 aliphatic carbocycles. The summed E-state index contributed by atoms with van der Waals surface area (Å²) in [5.41, 5.74) is 0. The molecule has 0 amide bonds. The van der Waals surface area contributed by atoms with Gasteiger partial charge in [0.05, 0.1) is 12.7 Å². The molecule has 70 valence electrons. The minimum Gasteiger partial charge on any atom is -0.374 e. The van der Waals surface area contributed by atoms with Gasteiger partial charge < -0.3 is 15.0 Å². The van der Waals surface area contributed by atoms with Gasteiger partial charge in [0.1, 0.15) is 0 Å². The zero-order valence-corrected chi connectivity index (χ0v) is 7.75. The number of nitrogens with zero attached hydrogens (tertiary/aromatic N) is 1. The molecular weight excluding hydrogens is 152 g/mol. The van der Waals surface area contributed by atoms with E-state index in [-0.39, 0.29) is 0 Å². The lowest BCUT2D eigenvalue weighted by molar-refractivity contribution is -0.0459. The van der Waals surface area contributed by atoms with Gasteiger partial charge in [-0.15, -0.1) is 0 Å². The van der Waals surface area contributed by atoms with Crippen LogP contribution in [-0.4, -0.2) is 49.8 Å². The Kier molecular flexibility index (Phi) is 2.63. The Morgan fingerprint density at radius 2 is 2.50 bits per heavy atom. The van der Waals surface area contributed by atoms with Gasteiger partial charge >= 0.3 is 0 Å². The topological polar surface area (TPSA) is 24.5 Å². The Labute approximate surface area is 74.1 Å². The Morgan fingerprint density at radius 3 is 3.33 bits per heavy atom. The van der Waals surface area contributed by atoms with E-state index in [2.05, 4.69) is 17.1 Å². The summed E-state index contributed by atoms with van der Waals surface area (Å²) >= 11 is 0. The number of morpholine rings is 1. The molecule has 0 aromatic carbocycles. The van der Waals surface area contributed by atoms with Gasteiger partial charge in [-0.1, -0.05) is 6.92 Å². The number of ether oxygens (including phenoxy) is 1. The molecule has 1 N–H and O–H groups in total. The molecule has 0 saturated carbocycles. The van der Waals surface area contributed by atoms with Gasteiger partial charge in [-0.25, -0.2) is 0 Å². The Bertz CT molecular complexity index is 151. The molecule has 2 saturated heterocycles. The highest BCUT2D eigenvalue weighted by Gasteiger charge is 2.30. The third kappa shape index (κ3) is 1.63. The monoisotopic (exact) mass is 170 g/mol. The highest BCUT2D eigenvalue weighted by atomic mass is 16.5. The number of likely N-dealkylation sites (N-methyl/N-ethyl adjacent to an activating group) is 1. The number of piperidine rings is 1. The van der Waals surface area contributed by atoms with Crippen LogP contribution in [0.4, 0.5) is 0 Å². The largest absolute Gasteiger partial charge is 0.374 e. The summed E-state index contributed by atoms with van der Waals surface area (Å²) in [5.74, 6) is 0. The SMILES string of the molecule is CCN1CCC2NCCOC2C1. The average molecular weight is 170 g/mol. The summed E-state index contributed by atoms with van der Waals surface area (Å²) in [6.45, 7) is 7.65. The lowest BCUT2D eigenvalue weighted by Crippen LogP contribution is -2.57. The summed E-state index contributed by atoms with van der Waals surface area (Å²) in [7, 11) is 0. The second-order valence-corrected chi connectivity index (χ2v) is 3.65. The summed E-state index contributed by atoms with van der Waals surface area (Å²) in [5, 5.41) is 3.51. The van der Waals surface area contributed by atoms with E-state index in [1.54, 1.807) is 0 Å². The Balaban J connectivity index is 1.90. The van der Waals surface area contributed by atoms with Crippen molar-refractivity contribution >= 4 is 0 Å². The molecule has 2 heterocycles. The predicted molar refractivity (Wildman–Crippen MR) is 48.3 cm³/mol. The summed E-state index contributed by atoms with van der Waals surface area (Å²) in [4.78, 5) is 2.47. The maximum Gasteiger partial charge on any atom is 0.0855 e. The van der Waals surface area contributed by atoms with Gasteiger partial charge in [-0.3, -0.25) is 0 Å². The number of fused-ring (bicyclic) bond motifs is 1. The first-order valence-electron chi connectivity index (χ1n) is 4.97. The molecule has 3 heteroatoms. The molecule has 2 fully saturated rings. The highest BCUT2D eigenvalue weighted by Crippen LogP contribution is 2.15. The van der Waals surface area contributed by atoms with E-state index in [0.29, 0.717) is 12.1 Å². The first-order valence-corrected chi connectivity index (χ1v) is 4.97. The van der Waals surface area contributed by atoms with Gasteiger partial charge in [0.2, 0.25) is 0 Å². The predicted octanol–water partition coefficient (Wildman–Crippen LogP) is 0.0690. The van der Waals surface area contributed by atoms with Crippen LogP contribution >= 0.6 is 0 Å². The van der Waals surface area contributed by atoms with Crippen LogP contribution in [0.3, 0.4) is 0 Å². The molecule has 2 aliphatic heterocycles. The fourth-order valence-corrected chi connectivity index (χ4v) is 2.12. The van der Waals surface area contributed by atoms with Crippen molar-refractivity contribution in [1.82, 2.24) is 10.2 Å². The van der Waals surface area contributed by atoms with Crippen LogP contribution in [0, 0.1) is 0 Å². The van der Waals surface area contributed by atoms with Crippen LogP contribution in [0.2, 0.25) is 0 Å². The van der Waals surface area contributed by atoms with E-state index < -0.39 is 0 Å². The lowest BCUT2D eigenvalue weighted by atomic mass is 10.0. The van der Waals surface area contributed by atoms with Crippen molar-refractivity contribution in [2.75, 3.05) is 32.8 Å². The first kappa shape index (κ1) is 8.48. The number of nitrogens with one attached hydrogen (secondary N) is 1. The van der Waals surface area contributed by atoms with Gasteiger partial charge in [-0.05, 0) is 19.5 Å². The molecule has 0 aromatic rings. The van der Waals surface area contributed by atoms with Crippen LogP contribution in [0.1, 0.15) is 13.3 Å². The summed E-state index contributed by atoms with van der Waals surface area (Å²) in [6, 6.07) is 0.626. The minimum absolute atomic E-state index is 0.451. The van der Waals surface area contributed by atoms with Crippen LogP contribution in [0.5, 0.6) is 0 Å². The lowest BCUT2D eigenvalue weighted by Gasteiger charge is -2.41. The molecule has 3 nitrogen and oxygen atoms in total. The standard InChI is InChI=1S/C9H18N2O/c1-2-11-5-3-8-9(7-11)12-6-4-10-8/h8-10H,2-7H2,1H3. The summed E-state index contributed by atoms with van der Waals surface area (Å²) < 4.78 is 5.71. The van der Waals surface area contributed by atoms with E-state index >= 15 is 0 Å². The van der Waals surface area contributed by atoms with Crippen molar-refractivity contribution in [3.05, 3.63) is 0 Å². The van der Waals surface area contributed by atoms with Gasteiger partial charge in [0, 0.05) is 19.1 Å². The second kappa shape index (κ2) is 3.73. The maximum atomic E-state index is 5.71. The van der Waals surface area contributed by atoms with E-state index in [0.717, 1.165) is 26.2 Å². The first-order chi connectivity index (χ1) is 5.90. The van der Waals surface area contributed by atoms with Crippen molar-refractivity contribution in [1.29, 1.82) is 0 Å².